The number of ether oxygens (including phenoxy) is 1. The quantitative estimate of drug-likeness (QED) is 0.792. The van der Waals surface area contributed by atoms with Gasteiger partial charge in [-0.25, -0.2) is 14.8 Å². The molecule has 1 aromatic carbocycles. The lowest BCUT2D eigenvalue weighted by Crippen LogP contribution is -2.38. The van der Waals surface area contributed by atoms with Crippen LogP contribution in [0, 0.1) is 0 Å². The maximum Gasteiger partial charge on any atom is 0.416 e. The van der Waals surface area contributed by atoms with Crippen LogP contribution >= 0.6 is 0 Å². The van der Waals surface area contributed by atoms with E-state index in [1.807, 2.05) is 0 Å². The van der Waals surface area contributed by atoms with Crippen molar-refractivity contribution in [1.82, 2.24) is 9.97 Å². The molecule has 1 saturated heterocycles. The Hall–Kier alpha value is -2.64. The third-order valence-electron chi connectivity index (χ3n) is 3.97. The first-order chi connectivity index (χ1) is 11.9. The van der Waals surface area contributed by atoms with Crippen LogP contribution in [0.5, 0.6) is 0 Å². The first-order valence-electron chi connectivity index (χ1n) is 7.81. The number of nitrogens with zero attached hydrogens (tertiary/aromatic N) is 3. The van der Waals surface area contributed by atoms with Gasteiger partial charge in [0.1, 0.15) is 12.6 Å². The van der Waals surface area contributed by atoms with Crippen molar-refractivity contribution in [3.8, 4) is 0 Å². The minimum Gasteiger partial charge on any atom is -0.459 e. The van der Waals surface area contributed by atoms with Crippen LogP contribution in [0.3, 0.4) is 0 Å². The number of hydrogen-bond donors (Lipinski definition) is 0. The van der Waals surface area contributed by atoms with Gasteiger partial charge in [0.05, 0.1) is 5.56 Å². The van der Waals surface area contributed by atoms with Gasteiger partial charge < -0.3 is 9.64 Å². The number of anilines is 1. The number of benzene rings is 1. The minimum absolute atomic E-state index is 0.206. The van der Waals surface area contributed by atoms with Gasteiger partial charge in [-0.15, -0.1) is 0 Å². The van der Waals surface area contributed by atoms with Gasteiger partial charge in [0.2, 0.25) is 5.95 Å². The molecule has 0 spiro atoms. The molecule has 0 amide bonds. The zero-order valence-electron chi connectivity index (χ0n) is 13.2. The fourth-order valence-electron chi connectivity index (χ4n) is 2.78. The predicted octanol–water partition coefficient (Wildman–Crippen LogP) is 3.21. The van der Waals surface area contributed by atoms with E-state index in [1.54, 1.807) is 23.4 Å². The Balaban J connectivity index is 1.65. The summed E-state index contributed by atoms with van der Waals surface area (Å²) in [7, 11) is 0. The van der Waals surface area contributed by atoms with E-state index in [9.17, 15) is 18.0 Å². The molecule has 0 unspecified atom stereocenters. The Bertz CT molecular complexity index is 737. The van der Waals surface area contributed by atoms with Gasteiger partial charge >= 0.3 is 12.1 Å². The smallest absolute Gasteiger partial charge is 0.416 e. The molecule has 8 heteroatoms. The molecule has 132 valence electrons. The molecule has 5 nitrogen and oxygen atoms in total. The molecule has 1 aromatic heterocycles. The minimum atomic E-state index is -4.42. The fourth-order valence-corrected chi connectivity index (χ4v) is 2.78. The van der Waals surface area contributed by atoms with Crippen LogP contribution in [0.4, 0.5) is 19.1 Å². The van der Waals surface area contributed by atoms with E-state index in [0.717, 1.165) is 18.6 Å². The maximum absolute atomic E-state index is 12.7. The van der Waals surface area contributed by atoms with E-state index in [-0.39, 0.29) is 6.61 Å². The lowest BCUT2D eigenvalue weighted by molar-refractivity contribution is -0.146. The molecule has 0 N–H and O–H groups in total. The van der Waals surface area contributed by atoms with Crippen molar-refractivity contribution in [3.05, 3.63) is 53.9 Å². The van der Waals surface area contributed by atoms with E-state index in [4.69, 9.17) is 4.74 Å². The van der Waals surface area contributed by atoms with Crippen molar-refractivity contribution in [2.45, 2.75) is 31.7 Å². The molecule has 1 fully saturated rings. The molecule has 2 heterocycles. The second kappa shape index (κ2) is 7.08. The zero-order chi connectivity index (χ0) is 17.9. The number of aromatic nitrogens is 2. The van der Waals surface area contributed by atoms with Gasteiger partial charge in [-0.05, 0) is 36.6 Å². The maximum atomic E-state index is 12.7. The Kier molecular flexibility index (Phi) is 4.87. The Morgan fingerprint density at radius 3 is 2.72 bits per heavy atom. The summed E-state index contributed by atoms with van der Waals surface area (Å²) in [5.74, 6) is -0.0385. The third-order valence-corrected chi connectivity index (χ3v) is 3.97. The first kappa shape index (κ1) is 17.2. The normalized spacial score (nSPS) is 17.6. The van der Waals surface area contributed by atoms with Crippen LogP contribution in [0.15, 0.2) is 42.7 Å². The van der Waals surface area contributed by atoms with Gasteiger partial charge in [-0.1, -0.05) is 12.1 Å². The van der Waals surface area contributed by atoms with Gasteiger partial charge in [-0.3, -0.25) is 0 Å². The van der Waals surface area contributed by atoms with Crippen molar-refractivity contribution in [2.75, 3.05) is 11.4 Å². The molecule has 1 atom stereocenters. The van der Waals surface area contributed by atoms with Crippen molar-refractivity contribution >= 4 is 11.9 Å². The molecule has 0 radical (unpaired) electrons. The summed E-state index contributed by atoms with van der Waals surface area (Å²) in [6, 6.07) is 5.92. The summed E-state index contributed by atoms with van der Waals surface area (Å²) in [6.45, 7) is 0.427. The van der Waals surface area contributed by atoms with Gasteiger partial charge in [0, 0.05) is 18.9 Å². The number of alkyl halides is 3. The molecule has 1 aliphatic rings. The third kappa shape index (κ3) is 4.07. The van der Waals surface area contributed by atoms with E-state index in [1.165, 1.54) is 12.1 Å². The van der Waals surface area contributed by atoms with Gasteiger partial charge in [0.15, 0.2) is 0 Å². The monoisotopic (exact) mass is 351 g/mol. The Morgan fingerprint density at radius 1 is 1.24 bits per heavy atom. The van der Waals surface area contributed by atoms with Crippen LogP contribution < -0.4 is 4.90 Å². The highest BCUT2D eigenvalue weighted by Gasteiger charge is 2.34. The number of carbonyl (C=O) groups excluding carboxylic acids is 1. The molecule has 1 aliphatic heterocycles. The SMILES string of the molecule is O=C(OCc1cccc(C(F)(F)F)c1)[C@@H]1CCCN1c1ncccn1. The second-order valence-electron chi connectivity index (χ2n) is 5.71. The molecule has 0 saturated carbocycles. The zero-order valence-corrected chi connectivity index (χ0v) is 13.2. The molecular formula is C17H16F3N3O2. The first-order valence-corrected chi connectivity index (χ1v) is 7.81. The van der Waals surface area contributed by atoms with Crippen LogP contribution in [0.2, 0.25) is 0 Å². The average Bonchev–Trinajstić information content (AvgIpc) is 3.10. The van der Waals surface area contributed by atoms with Crippen LogP contribution in [0.25, 0.3) is 0 Å². The molecular weight excluding hydrogens is 335 g/mol. The molecule has 0 aliphatic carbocycles. The lowest BCUT2D eigenvalue weighted by Gasteiger charge is -2.22. The fraction of sp³-hybridized carbons (Fsp3) is 0.353. The topological polar surface area (TPSA) is 55.3 Å². The number of rotatable bonds is 4. The summed E-state index contributed by atoms with van der Waals surface area (Å²) >= 11 is 0. The average molecular weight is 351 g/mol. The highest BCUT2D eigenvalue weighted by atomic mass is 19.4. The van der Waals surface area contributed by atoms with Crippen molar-refractivity contribution in [1.29, 1.82) is 0 Å². The molecule has 25 heavy (non-hydrogen) atoms. The predicted molar refractivity (Wildman–Crippen MR) is 83.6 cm³/mol. The standard InChI is InChI=1S/C17H16F3N3O2/c18-17(19,20)13-5-1-4-12(10-13)11-25-15(24)14-6-2-9-23(14)16-21-7-3-8-22-16/h1,3-5,7-8,10,14H,2,6,9,11H2/t14-/m0/s1. The van der Waals surface area contributed by atoms with Crippen LogP contribution in [0.1, 0.15) is 24.0 Å². The summed E-state index contributed by atoms with van der Waals surface area (Å²) in [6.07, 6.45) is 0.144. The van der Waals surface area contributed by atoms with Gasteiger partial charge in [-0.2, -0.15) is 13.2 Å². The molecule has 3 rings (SSSR count). The van der Waals surface area contributed by atoms with E-state index in [2.05, 4.69) is 9.97 Å². The molecule has 2 aromatic rings. The van der Waals surface area contributed by atoms with E-state index >= 15 is 0 Å². The summed E-state index contributed by atoms with van der Waals surface area (Å²) in [4.78, 5) is 22.4. The van der Waals surface area contributed by atoms with Crippen molar-refractivity contribution < 1.29 is 22.7 Å². The highest BCUT2D eigenvalue weighted by Crippen LogP contribution is 2.30. The Morgan fingerprint density at radius 2 is 2.00 bits per heavy atom. The lowest BCUT2D eigenvalue weighted by atomic mass is 10.1. The number of halogens is 3. The largest absolute Gasteiger partial charge is 0.459 e. The number of carbonyl (C=O) groups is 1. The number of esters is 1. The van der Waals surface area contributed by atoms with Crippen LogP contribution in [-0.4, -0.2) is 28.5 Å². The van der Waals surface area contributed by atoms with Gasteiger partial charge in [0.25, 0.3) is 0 Å². The van der Waals surface area contributed by atoms with E-state index in [0.29, 0.717) is 24.5 Å². The van der Waals surface area contributed by atoms with Crippen molar-refractivity contribution in [3.63, 3.8) is 0 Å². The summed E-state index contributed by atoms with van der Waals surface area (Å²) in [5, 5.41) is 0. The summed E-state index contributed by atoms with van der Waals surface area (Å²) in [5.41, 5.74) is -0.468. The Labute approximate surface area is 142 Å². The van der Waals surface area contributed by atoms with E-state index < -0.39 is 23.8 Å². The van der Waals surface area contributed by atoms with Crippen molar-refractivity contribution in [2.24, 2.45) is 0 Å². The molecule has 0 bridgehead atoms. The second-order valence-corrected chi connectivity index (χ2v) is 5.71. The summed E-state index contributed by atoms with van der Waals surface area (Å²) < 4.78 is 43.4. The van der Waals surface area contributed by atoms with Crippen LogP contribution in [-0.2, 0) is 22.3 Å². The number of hydrogen-bond acceptors (Lipinski definition) is 5. The highest BCUT2D eigenvalue weighted by molar-refractivity contribution is 5.80.